The van der Waals surface area contributed by atoms with Crippen LogP contribution in [-0.2, 0) is 0 Å². The molecule has 3 aromatic rings. The van der Waals surface area contributed by atoms with Gasteiger partial charge in [-0.2, -0.15) is 5.26 Å². The Morgan fingerprint density at radius 2 is 2.20 bits per heavy atom. The Hall–Kier alpha value is -2.52. The van der Waals surface area contributed by atoms with E-state index in [1.807, 2.05) is 19.1 Å². The summed E-state index contributed by atoms with van der Waals surface area (Å²) in [5, 5.41) is 9.15. The fourth-order valence-electron chi connectivity index (χ4n) is 2.16. The lowest BCUT2D eigenvalue weighted by molar-refractivity contribution is 0.622. The molecule has 0 bridgehead atoms. The van der Waals surface area contributed by atoms with Gasteiger partial charge in [0.05, 0.1) is 11.2 Å². The van der Waals surface area contributed by atoms with Gasteiger partial charge in [-0.05, 0) is 42.9 Å². The molecule has 4 nitrogen and oxygen atoms in total. The molecule has 2 heterocycles. The number of hydrogen-bond acceptors (Lipinski definition) is 3. The van der Waals surface area contributed by atoms with Gasteiger partial charge in [-0.3, -0.25) is 4.57 Å². The number of hydrogen-bond donors (Lipinski definition) is 1. The van der Waals surface area contributed by atoms with Gasteiger partial charge in [0.15, 0.2) is 10.4 Å². The van der Waals surface area contributed by atoms with Gasteiger partial charge in [-0.25, -0.2) is 9.37 Å². The summed E-state index contributed by atoms with van der Waals surface area (Å²) < 4.78 is 15.7. The zero-order valence-corrected chi connectivity index (χ0v) is 11.3. The van der Waals surface area contributed by atoms with Crippen LogP contribution in [0.1, 0.15) is 11.1 Å². The van der Waals surface area contributed by atoms with E-state index in [1.165, 1.54) is 6.07 Å². The van der Waals surface area contributed by atoms with Crippen molar-refractivity contribution in [2.45, 2.75) is 6.92 Å². The molecule has 0 radical (unpaired) electrons. The third kappa shape index (κ3) is 1.72. The molecule has 0 aliphatic carbocycles. The van der Waals surface area contributed by atoms with Gasteiger partial charge in [0, 0.05) is 6.20 Å². The van der Waals surface area contributed by atoms with Crippen molar-refractivity contribution in [1.29, 1.82) is 5.26 Å². The molecule has 0 atom stereocenters. The van der Waals surface area contributed by atoms with Crippen LogP contribution in [0.15, 0.2) is 30.5 Å². The van der Waals surface area contributed by atoms with Gasteiger partial charge in [0.1, 0.15) is 17.4 Å². The number of aromatic nitrogens is 3. The molecular weight excluding hydrogens is 275 g/mol. The lowest BCUT2D eigenvalue weighted by Gasteiger charge is -2.06. The molecule has 0 fully saturated rings. The van der Waals surface area contributed by atoms with Crippen molar-refractivity contribution < 1.29 is 4.39 Å². The predicted octanol–water partition coefficient (Wildman–Crippen LogP) is 3.40. The summed E-state index contributed by atoms with van der Waals surface area (Å²) in [6.07, 6.45) is 1.65. The SMILES string of the molecule is Cc1ccnc2c1[nH]c(=S)n2-c1cccc(F)c1C#N. The topological polar surface area (TPSA) is 57.4 Å². The average molecular weight is 284 g/mol. The zero-order chi connectivity index (χ0) is 14.3. The molecule has 0 aliphatic rings. The largest absolute Gasteiger partial charge is 0.329 e. The van der Waals surface area contributed by atoms with E-state index in [-0.39, 0.29) is 5.56 Å². The number of nitrogens with zero attached hydrogens (tertiary/aromatic N) is 3. The summed E-state index contributed by atoms with van der Waals surface area (Å²) >= 11 is 5.28. The van der Waals surface area contributed by atoms with Gasteiger partial charge in [-0.1, -0.05) is 6.07 Å². The first kappa shape index (κ1) is 12.5. The highest BCUT2D eigenvalue weighted by molar-refractivity contribution is 7.71. The number of pyridine rings is 1. The van der Waals surface area contributed by atoms with Crippen LogP contribution in [0, 0.1) is 28.8 Å². The number of rotatable bonds is 1. The van der Waals surface area contributed by atoms with Gasteiger partial charge < -0.3 is 4.98 Å². The maximum Gasteiger partial charge on any atom is 0.184 e. The first-order chi connectivity index (χ1) is 9.63. The molecule has 98 valence electrons. The molecule has 1 N–H and O–H groups in total. The highest BCUT2D eigenvalue weighted by Gasteiger charge is 2.15. The first-order valence-electron chi connectivity index (χ1n) is 5.89. The molecule has 0 amide bonds. The summed E-state index contributed by atoms with van der Waals surface area (Å²) in [7, 11) is 0. The minimum atomic E-state index is -0.575. The van der Waals surface area contributed by atoms with Gasteiger partial charge in [0.25, 0.3) is 0 Å². The normalized spacial score (nSPS) is 10.7. The fraction of sp³-hybridized carbons (Fsp3) is 0.0714. The van der Waals surface area contributed by atoms with Crippen molar-refractivity contribution in [3.8, 4) is 11.8 Å². The van der Waals surface area contributed by atoms with E-state index >= 15 is 0 Å². The van der Waals surface area contributed by atoms with Crippen molar-refractivity contribution in [2.24, 2.45) is 0 Å². The molecule has 0 aliphatic heterocycles. The standard InChI is InChI=1S/C14H9FN4S/c1-8-5-6-17-13-12(8)18-14(20)19(13)11-4-2-3-10(15)9(11)7-16/h2-6H,1H3,(H,18,20). The average Bonchev–Trinajstić information content (AvgIpc) is 2.76. The number of halogens is 1. The predicted molar refractivity (Wildman–Crippen MR) is 75.7 cm³/mol. The van der Waals surface area contributed by atoms with Crippen LogP contribution in [-0.4, -0.2) is 14.5 Å². The molecule has 2 aromatic heterocycles. The highest BCUT2D eigenvalue weighted by atomic mass is 32.1. The van der Waals surface area contributed by atoms with E-state index < -0.39 is 5.82 Å². The van der Waals surface area contributed by atoms with Crippen molar-refractivity contribution in [3.05, 3.63) is 52.2 Å². The molecule has 0 spiro atoms. The van der Waals surface area contributed by atoms with Crippen molar-refractivity contribution in [2.75, 3.05) is 0 Å². The molecule has 0 saturated heterocycles. The van der Waals surface area contributed by atoms with E-state index in [1.54, 1.807) is 22.9 Å². The Labute approximate surface area is 119 Å². The fourth-order valence-corrected chi connectivity index (χ4v) is 2.45. The van der Waals surface area contributed by atoms with Crippen molar-refractivity contribution >= 4 is 23.4 Å². The zero-order valence-electron chi connectivity index (χ0n) is 10.5. The highest BCUT2D eigenvalue weighted by Crippen LogP contribution is 2.23. The maximum atomic E-state index is 13.8. The van der Waals surface area contributed by atoms with Crippen LogP contribution in [0.3, 0.4) is 0 Å². The smallest absolute Gasteiger partial charge is 0.184 e. The molecule has 0 unspecified atom stereocenters. The van der Waals surface area contributed by atoms with Crippen LogP contribution in [0.2, 0.25) is 0 Å². The molecule has 3 rings (SSSR count). The molecule has 6 heteroatoms. The van der Waals surface area contributed by atoms with Crippen LogP contribution in [0.25, 0.3) is 16.9 Å². The quantitative estimate of drug-likeness (QED) is 0.697. The number of nitriles is 1. The number of benzene rings is 1. The van der Waals surface area contributed by atoms with Gasteiger partial charge in [-0.15, -0.1) is 0 Å². The summed E-state index contributed by atoms with van der Waals surface area (Å²) in [4.78, 5) is 7.33. The molecule has 0 saturated carbocycles. The lowest BCUT2D eigenvalue weighted by Crippen LogP contribution is -2.00. The Morgan fingerprint density at radius 3 is 2.95 bits per heavy atom. The summed E-state index contributed by atoms with van der Waals surface area (Å²) in [5.74, 6) is -0.575. The number of aryl methyl sites for hydroxylation is 1. The second-order valence-corrected chi connectivity index (χ2v) is 4.72. The Kier molecular flexibility index (Phi) is 2.84. The van der Waals surface area contributed by atoms with Crippen LogP contribution in [0.5, 0.6) is 0 Å². The van der Waals surface area contributed by atoms with Crippen molar-refractivity contribution in [1.82, 2.24) is 14.5 Å². The maximum absolute atomic E-state index is 13.8. The number of nitrogens with one attached hydrogen (secondary N) is 1. The Morgan fingerprint density at radius 1 is 1.40 bits per heavy atom. The van der Waals surface area contributed by atoms with E-state index in [9.17, 15) is 4.39 Å². The van der Waals surface area contributed by atoms with E-state index in [0.717, 1.165) is 11.1 Å². The van der Waals surface area contributed by atoms with Crippen LogP contribution < -0.4 is 0 Å². The summed E-state index contributed by atoms with van der Waals surface area (Å²) in [5.41, 5.74) is 2.69. The minimum absolute atomic E-state index is 0.0483. The van der Waals surface area contributed by atoms with E-state index in [0.29, 0.717) is 16.1 Å². The Bertz CT molecular complexity index is 917. The van der Waals surface area contributed by atoms with E-state index in [2.05, 4.69) is 9.97 Å². The molecular formula is C14H9FN4S. The van der Waals surface area contributed by atoms with Gasteiger partial charge >= 0.3 is 0 Å². The number of fused-ring (bicyclic) bond motifs is 1. The summed E-state index contributed by atoms with van der Waals surface area (Å²) in [6.45, 7) is 1.93. The second-order valence-electron chi connectivity index (χ2n) is 4.34. The number of aromatic amines is 1. The number of H-pyrrole nitrogens is 1. The van der Waals surface area contributed by atoms with Crippen LogP contribution >= 0.6 is 12.2 Å². The molecule has 1 aromatic carbocycles. The third-order valence-electron chi connectivity index (χ3n) is 3.13. The molecule has 20 heavy (non-hydrogen) atoms. The minimum Gasteiger partial charge on any atom is -0.329 e. The van der Waals surface area contributed by atoms with Crippen LogP contribution in [0.4, 0.5) is 4.39 Å². The first-order valence-corrected chi connectivity index (χ1v) is 6.29. The number of imidazole rings is 1. The van der Waals surface area contributed by atoms with Gasteiger partial charge in [0.2, 0.25) is 0 Å². The Balaban J connectivity index is 2.46. The lowest BCUT2D eigenvalue weighted by atomic mass is 10.2. The van der Waals surface area contributed by atoms with Crippen molar-refractivity contribution in [3.63, 3.8) is 0 Å². The van der Waals surface area contributed by atoms with E-state index in [4.69, 9.17) is 17.5 Å². The summed E-state index contributed by atoms with van der Waals surface area (Å²) in [6, 6.07) is 8.17. The second kappa shape index (κ2) is 4.54. The third-order valence-corrected chi connectivity index (χ3v) is 3.42. The monoisotopic (exact) mass is 284 g/mol.